The summed E-state index contributed by atoms with van der Waals surface area (Å²) in [6.45, 7) is 17.7. The average molecular weight is 924 g/mol. The molecule has 4 aromatic rings. The number of fused-ring (bicyclic) bond motifs is 2. The fraction of sp³-hybridized carbons (Fsp3) is 0.353. The molecule has 350 valence electrons. The van der Waals surface area contributed by atoms with Gasteiger partial charge in [-0.1, -0.05) is 62.4 Å². The zero-order valence-corrected chi connectivity index (χ0v) is 39.3. The van der Waals surface area contributed by atoms with Crippen molar-refractivity contribution in [2.45, 2.75) is 65.2 Å². The number of hydrogen-bond acceptors (Lipinski definition) is 6. The van der Waals surface area contributed by atoms with Crippen LogP contribution in [0.4, 0.5) is 47.9 Å². The van der Waals surface area contributed by atoms with Crippen LogP contribution in [0.2, 0.25) is 0 Å². The molecule has 0 aromatic heterocycles. The van der Waals surface area contributed by atoms with E-state index >= 15 is 0 Å². The number of benzene rings is 4. The second kappa shape index (κ2) is 18.9. The van der Waals surface area contributed by atoms with Gasteiger partial charge >= 0.3 is 33.0 Å². The van der Waals surface area contributed by atoms with Crippen molar-refractivity contribution in [3.63, 3.8) is 0 Å². The van der Waals surface area contributed by atoms with Gasteiger partial charge < -0.3 is 28.7 Å². The summed E-state index contributed by atoms with van der Waals surface area (Å²) in [5, 5.41) is 0. The first-order valence-electron chi connectivity index (χ1n) is 21.8. The van der Waals surface area contributed by atoms with Crippen LogP contribution in [0.5, 0.6) is 11.5 Å². The Kier molecular flexibility index (Phi) is 14.2. The molecule has 3 aliphatic rings. The molecule has 2 aliphatic heterocycles. The summed E-state index contributed by atoms with van der Waals surface area (Å²) in [5.41, 5.74) is 13.3. The predicted octanol–water partition coefficient (Wildman–Crippen LogP) is 14.6. The summed E-state index contributed by atoms with van der Waals surface area (Å²) >= 11 is 0. The first-order valence-corrected chi connectivity index (χ1v) is 23.9. The number of rotatable bonds is 16. The second-order valence-electron chi connectivity index (χ2n) is 17.1. The molecule has 0 atom stereocenters. The van der Waals surface area contributed by atoms with Crippen molar-refractivity contribution < 1.29 is 48.7 Å². The Morgan fingerprint density at radius 3 is 1.72 bits per heavy atom. The number of para-hydroxylation sites is 2. The van der Waals surface area contributed by atoms with Crippen molar-refractivity contribution in [1.82, 2.24) is 0 Å². The van der Waals surface area contributed by atoms with Crippen LogP contribution < -0.4 is 19.3 Å². The van der Waals surface area contributed by atoms with E-state index in [1.54, 1.807) is 14.2 Å². The van der Waals surface area contributed by atoms with E-state index in [0.717, 1.165) is 48.8 Å². The molecule has 0 N–H and O–H groups in total. The third-order valence-corrected chi connectivity index (χ3v) is 11.9. The maximum absolute atomic E-state index is 10.7. The summed E-state index contributed by atoms with van der Waals surface area (Å²) in [7, 11) is -7.25. The Labute approximate surface area is 379 Å². The quantitative estimate of drug-likeness (QED) is 0.0483. The van der Waals surface area contributed by atoms with Gasteiger partial charge in [-0.15, -0.1) is 0 Å². The van der Waals surface area contributed by atoms with Crippen molar-refractivity contribution in [3.8, 4) is 11.5 Å². The third kappa shape index (κ3) is 11.9. The second-order valence-corrected chi connectivity index (χ2v) is 19.0. The molecule has 0 radical (unpaired) electrons. The van der Waals surface area contributed by atoms with Gasteiger partial charge in [0.1, 0.15) is 31.3 Å². The van der Waals surface area contributed by atoms with E-state index in [4.69, 9.17) is 18.9 Å². The Balaban J connectivity index is 0.000000925. The van der Waals surface area contributed by atoms with E-state index in [2.05, 4.69) is 177 Å². The van der Waals surface area contributed by atoms with Gasteiger partial charge in [-0.2, -0.15) is 4.58 Å². The number of methoxy groups -OCH3 is 2. The Bertz CT molecular complexity index is 2450. The van der Waals surface area contributed by atoms with Gasteiger partial charge in [0.15, 0.2) is 5.71 Å². The Hall–Kier alpha value is -5.36. The van der Waals surface area contributed by atoms with E-state index < -0.39 is 7.81 Å². The van der Waals surface area contributed by atoms with Crippen LogP contribution in [0.25, 0.3) is 0 Å². The SMILES string of the molecule is CCN1/C(=C/C=C2\CCC(/C=C/C3=[N+](CC)c4ccc(OCCOC)cc4C3(C)C)=C2N(c2ccccc2)c2ccccc2)C(C)(C)c2cc(OCCOC)ccc21.F[P-](F)(F)(F)(F)F. The van der Waals surface area contributed by atoms with Crippen LogP contribution in [0.1, 0.15) is 65.5 Å². The van der Waals surface area contributed by atoms with E-state index in [9.17, 15) is 25.2 Å². The predicted molar refractivity (Wildman–Crippen MR) is 252 cm³/mol. The molecular weight excluding hydrogens is 864 g/mol. The monoisotopic (exact) mass is 923 g/mol. The van der Waals surface area contributed by atoms with Crippen molar-refractivity contribution in [3.05, 3.63) is 155 Å². The molecule has 14 heteroatoms. The minimum absolute atomic E-state index is 0.217. The topological polar surface area (TPSA) is 46.4 Å². The first kappa shape index (κ1) is 49.1. The van der Waals surface area contributed by atoms with Crippen LogP contribution in [-0.4, -0.2) is 64.0 Å². The van der Waals surface area contributed by atoms with Gasteiger partial charge in [0.05, 0.1) is 24.3 Å². The van der Waals surface area contributed by atoms with Crippen LogP contribution in [0, 0.1) is 0 Å². The molecule has 0 amide bonds. The van der Waals surface area contributed by atoms with Crippen molar-refractivity contribution in [2.24, 2.45) is 0 Å². The van der Waals surface area contributed by atoms with Crippen LogP contribution in [0.15, 0.2) is 144 Å². The zero-order chi connectivity index (χ0) is 47.3. The third-order valence-electron chi connectivity index (χ3n) is 11.9. The van der Waals surface area contributed by atoms with Crippen molar-refractivity contribution in [1.29, 1.82) is 0 Å². The number of ether oxygens (including phenoxy) is 4. The van der Waals surface area contributed by atoms with Gasteiger partial charge in [0.2, 0.25) is 5.69 Å². The Morgan fingerprint density at radius 1 is 0.662 bits per heavy atom. The molecular formula is C51H60F6N3O4P. The number of nitrogens with zero attached hydrogens (tertiary/aromatic N) is 3. The van der Waals surface area contributed by atoms with Crippen molar-refractivity contribution in [2.75, 3.05) is 63.5 Å². The van der Waals surface area contributed by atoms with E-state index in [-0.39, 0.29) is 10.8 Å². The normalized spacial score (nSPS) is 18.7. The summed E-state index contributed by atoms with van der Waals surface area (Å²) in [4.78, 5) is 4.91. The molecule has 1 aliphatic carbocycles. The molecule has 65 heavy (non-hydrogen) atoms. The molecule has 0 saturated heterocycles. The molecule has 0 spiro atoms. The van der Waals surface area contributed by atoms with E-state index in [1.807, 2.05) is 0 Å². The standard InChI is InChI=1S/C51H60N3O4.F6P/c1-9-52-45-27-25-41(57-33-31-55-7)35-43(45)50(3,4)47(52)29-23-37-21-22-38(49(37)54(39-17-13-11-14-18-39)40-19-15-12-16-20-40)24-30-48-51(5,6)44-36-42(58-34-32-56-8)26-28-46(44)53(48)10-2;1-7(2,3,4,5)6/h11-20,23-30,35-36H,9-10,21-22,31-34H2,1-8H3;/q+1;-1. The van der Waals surface area contributed by atoms with Crippen LogP contribution >= 0.6 is 7.81 Å². The Morgan fingerprint density at radius 2 is 1.20 bits per heavy atom. The molecule has 0 fully saturated rings. The molecule has 0 bridgehead atoms. The number of hydrogen-bond donors (Lipinski definition) is 0. The number of allylic oxidation sites excluding steroid dienone is 7. The van der Waals surface area contributed by atoms with Gasteiger partial charge in [-0.3, -0.25) is 0 Å². The average Bonchev–Trinajstić information content (AvgIpc) is 3.82. The molecule has 2 heterocycles. The minimum atomic E-state index is -10.7. The maximum atomic E-state index is 9.87. The van der Waals surface area contributed by atoms with Gasteiger partial charge in [-0.05, 0) is 118 Å². The number of halogens is 6. The van der Waals surface area contributed by atoms with Gasteiger partial charge in [0.25, 0.3) is 0 Å². The van der Waals surface area contributed by atoms with Crippen LogP contribution in [0.3, 0.4) is 0 Å². The summed E-state index contributed by atoms with van der Waals surface area (Å²) < 4.78 is 84.3. The number of anilines is 3. The molecule has 0 saturated carbocycles. The van der Waals surface area contributed by atoms with E-state index in [1.165, 1.54) is 50.8 Å². The summed E-state index contributed by atoms with van der Waals surface area (Å²) in [5.74, 6) is 1.75. The fourth-order valence-corrected chi connectivity index (χ4v) is 8.90. The van der Waals surface area contributed by atoms with Crippen LogP contribution in [-0.2, 0) is 20.3 Å². The summed E-state index contributed by atoms with van der Waals surface area (Å²) in [6, 6.07) is 34.6. The zero-order valence-electron chi connectivity index (χ0n) is 38.4. The molecule has 7 nitrogen and oxygen atoms in total. The molecule has 7 rings (SSSR count). The summed E-state index contributed by atoms with van der Waals surface area (Å²) in [6.07, 6.45) is 11.4. The fourth-order valence-electron chi connectivity index (χ4n) is 8.90. The molecule has 0 unspecified atom stereocenters. The number of likely N-dealkylation sites (N-methyl/N-ethyl adjacent to an activating group) is 1. The van der Waals surface area contributed by atoms with Crippen molar-refractivity contribution >= 4 is 36.3 Å². The first-order chi connectivity index (χ1) is 30.6. The molecule has 4 aromatic carbocycles. The van der Waals surface area contributed by atoms with Gasteiger partial charge in [0, 0.05) is 66.6 Å². The van der Waals surface area contributed by atoms with Gasteiger partial charge in [-0.25, -0.2) is 0 Å². The van der Waals surface area contributed by atoms with E-state index in [0.29, 0.717) is 26.4 Å².